The van der Waals surface area contributed by atoms with Crippen LogP contribution < -0.4 is 10.1 Å². The van der Waals surface area contributed by atoms with Gasteiger partial charge in [-0.2, -0.15) is 0 Å². The van der Waals surface area contributed by atoms with Gasteiger partial charge in [-0.05, 0) is 19.2 Å². The Hall–Kier alpha value is -1.79. The number of likely N-dealkylation sites (tertiary alicyclic amines) is 1. The Morgan fingerprint density at radius 1 is 1.17 bits per heavy atom. The van der Waals surface area contributed by atoms with Gasteiger partial charge in [0.2, 0.25) is 0 Å². The van der Waals surface area contributed by atoms with Crippen LogP contribution in [0.15, 0.2) is 30.3 Å². The molecule has 6 nitrogen and oxygen atoms in total. The lowest BCUT2D eigenvalue weighted by Crippen LogP contribution is -2.48. The summed E-state index contributed by atoms with van der Waals surface area (Å²) in [6.07, 6.45) is 0.983. The van der Waals surface area contributed by atoms with Gasteiger partial charge < -0.3 is 19.9 Å². The van der Waals surface area contributed by atoms with Gasteiger partial charge in [-0.15, -0.1) is 0 Å². The maximum atomic E-state index is 12.3. The van der Waals surface area contributed by atoms with Crippen molar-refractivity contribution < 1.29 is 9.53 Å². The molecule has 0 bridgehead atoms. The highest BCUT2D eigenvalue weighted by Gasteiger charge is 2.27. The van der Waals surface area contributed by atoms with Crippen molar-refractivity contribution in [2.75, 3.05) is 59.4 Å². The zero-order valence-electron chi connectivity index (χ0n) is 14.5. The minimum atomic E-state index is 0.0308. The van der Waals surface area contributed by atoms with Gasteiger partial charge in [-0.3, -0.25) is 4.90 Å². The van der Waals surface area contributed by atoms with Crippen LogP contribution in [0.2, 0.25) is 0 Å². The van der Waals surface area contributed by atoms with Gasteiger partial charge in [0.15, 0.2) is 0 Å². The molecule has 1 atom stereocenters. The van der Waals surface area contributed by atoms with Crippen LogP contribution >= 0.6 is 0 Å². The molecule has 2 heterocycles. The number of hydrogen-bond acceptors (Lipinski definition) is 4. The third kappa shape index (κ3) is 4.85. The summed E-state index contributed by atoms with van der Waals surface area (Å²) in [4.78, 5) is 18.9. The molecule has 132 valence electrons. The van der Waals surface area contributed by atoms with E-state index in [4.69, 9.17) is 4.74 Å². The predicted octanol–water partition coefficient (Wildman–Crippen LogP) is 1.10. The van der Waals surface area contributed by atoms with E-state index in [0.29, 0.717) is 13.1 Å². The summed E-state index contributed by atoms with van der Waals surface area (Å²) in [5, 5.41) is 3.04. The number of piperazine rings is 1. The van der Waals surface area contributed by atoms with Gasteiger partial charge in [0.1, 0.15) is 11.9 Å². The molecule has 6 heteroatoms. The summed E-state index contributed by atoms with van der Waals surface area (Å²) in [7, 11) is 2.15. The topological polar surface area (TPSA) is 48.0 Å². The van der Waals surface area contributed by atoms with Crippen molar-refractivity contribution >= 4 is 6.03 Å². The summed E-state index contributed by atoms with van der Waals surface area (Å²) < 4.78 is 5.93. The van der Waals surface area contributed by atoms with Gasteiger partial charge in [0, 0.05) is 52.2 Å². The quantitative estimate of drug-likeness (QED) is 0.877. The molecule has 2 aliphatic heterocycles. The van der Waals surface area contributed by atoms with E-state index in [0.717, 1.165) is 51.4 Å². The van der Waals surface area contributed by atoms with E-state index in [1.807, 2.05) is 35.2 Å². The fourth-order valence-corrected chi connectivity index (χ4v) is 3.20. The molecule has 24 heavy (non-hydrogen) atoms. The second kappa shape index (κ2) is 8.35. The normalized spacial score (nSPS) is 22.5. The van der Waals surface area contributed by atoms with Gasteiger partial charge >= 0.3 is 6.03 Å². The smallest absolute Gasteiger partial charge is 0.317 e. The number of para-hydroxylation sites is 1. The molecule has 2 aliphatic rings. The van der Waals surface area contributed by atoms with Crippen LogP contribution in [0.3, 0.4) is 0 Å². The number of hydrogen-bond donors (Lipinski definition) is 1. The van der Waals surface area contributed by atoms with E-state index in [1.165, 1.54) is 0 Å². The van der Waals surface area contributed by atoms with E-state index in [-0.39, 0.29) is 12.1 Å². The molecule has 1 aromatic carbocycles. The minimum Gasteiger partial charge on any atom is -0.489 e. The minimum absolute atomic E-state index is 0.0308. The molecule has 2 fully saturated rings. The SMILES string of the molecule is CN1CCN(CCNC(=O)N2CCC(Oc3ccccc3)C2)CC1. The van der Waals surface area contributed by atoms with Crippen molar-refractivity contribution in [1.82, 2.24) is 20.0 Å². The Bertz CT molecular complexity index is 517. The number of urea groups is 1. The zero-order valence-corrected chi connectivity index (χ0v) is 14.5. The molecule has 0 aromatic heterocycles. The third-order valence-electron chi connectivity index (χ3n) is 4.78. The molecule has 3 rings (SSSR count). The Kier molecular flexibility index (Phi) is 5.93. The van der Waals surface area contributed by atoms with Crippen LogP contribution in [-0.2, 0) is 0 Å². The first-order valence-corrected chi connectivity index (χ1v) is 8.86. The first-order chi connectivity index (χ1) is 11.7. The molecule has 2 amide bonds. The number of rotatable bonds is 5. The highest BCUT2D eigenvalue weighted by atomic mass is 16.5. The molecular weight excluding hydrogens is 304 g/mol. The van der Waals surface area contributed by atoms with E-state index in [2.05, 4.69) is 22.2 Å². The van der Waals surface area contributed by atoms with E-state index in [9.17, 15) is 4.79 Å². The maximum absolute atomic E-state index is 12.3. The van der Waals surface area contributed by atoms with Crippen molar-refractivity contribution in [3.8, 4) is 5.75 Å². The Morgan fingerprint density at radius 3 is 2.67 bits per heavy atom. The fraction of sp³-hybridized carbons (Fsp3) is 0.611. The van der Waals surface area contributed by atoms with Crippen LogP contribution in [0.25, 0.3) is 0 Å². The molecular formula is C18H28N4O2. The van der Waals surface area contributed by atoms with E-state index >= 15 is 0 Å². The Morgan fingerprint density at radius 2 is 1.92 bits per heavy atom. The first kappa shape index (κ1) is 17.0. The van der Waals surface area contributed by atoms with Crippen molar-refractivity contribution in [3.63, 3.8) is 0 Å². The van der Waals surface area contributed by atoms with Crippen LogP contribution in [-0.4, -0.2) is 86.2 Å². The number of nitrogens with zero attached hydrogens (tertiary/aromatic N) is 3. The number of benzene rings is 1. The highest BCUT2D eigenvalue weighted by Crippen LogP contribution is 2.17. The maximum Gasteiger partial charge on any atom is 0.317 e. The second-order valence-electron chi connectivity index (χ2n) is 6.66. The van der Waals surface area contributed by atoms with Crippen molar-refractivity contribution in [2.24, 2.45) is 0 Å². The van der Waals surface area contributed by atoms with Gasteiger partial charge in [0.05, 0.1) is 6.54 Å². The van der Waals surface area contributed by atoms with E-state index in [1.54, 1.807) is 0 Å². The number of amides is 2. The van der Waals surface area contributed by atoms with Crippen molar-refractivity contribution in [3.05, 3.63) is 30.3 Å². The zero-order chi connectivity index (χ0) is 16.8. The molecule has 1 unspecified atom stereocenters. The van der Waals surface area contributed by atoms with Gasteiger partial charge in [-0.1, -0.05) is 18.2 Å². The lowest BCUT2D eigenvalue weighted by atomic mass is 10.3. The second-order valence-corrected chi connectivity index (χ2v) is 6.66. The third-order valence-corrected chi connectivity index (χ3v) is 4.78. The average Bonchev–Trinajstić information content (AvgIpc) is 3.06. The number of nitrogens with one attached hydrogen (secondary N) is 1. The monoisotopic (exact) mass is 332 g/mol. The molecule has 0 spiro atoms. The molecule has 0 saturated carbocycles. The standard InChI is InChI=1S/C18H28N4O2/c1-20-11-13-21(14-12-20)10-8-19-18(23)22-9-7-17(15-22)24-16-5-3-2-4-6-16/h2-6,17H,7-15H2,1H3,(H,19,23). The van der Waals surface area contributed by atoms with E-state index < -0.39 is 0 Å². The Labute approximate surface area is 144 Å². The number of carbonyl (C=O) groups excluding carboxylic acids is 1. The van der Waals surface area contributed by atoms with Crippen LogP contribution in [0, 0.1) is 0 Å². The highest BCUT2D eigenvalue weighted by molar-refractivity contribution is 5.74. The molecule has 0 aliphatic carbocycles. The first-order valence-electron chi connectivity index (χ1n) is 8.86. The largest absolute Gasteiger partial charge is 0.489 e. The van der Waals surface area contributed by atoms with Crippen LogP contribution in [0.4, 0.5) is 4.79 Å². The summed E-state index contributed by atoms with van der Waals surface area (Å²) in [6, 6.07) is 9.85. The van der Waals surface area contributed by atoms with Crippen molar-refractivity contribution in [1.29, 1.82) is 0 Å². The van der Waals surface area contributed by atoms with Crippen LogP contribution in [0.1, 0.15) is 6.42 Å². The fourth-order valence-electron chi connectivity index (χ4n) is 3.20. The van der Waals surface area contributed by atoms with Gasteiger partial charge in [0.25, 0.3) is 0 Å². The summed E-state index contributed by atoms with van der Waals surface area (Å²) in [6.45, 7) is 7.46. The van der Waals surface area contributed by atoms with Crippen molar-refractivity contribution in [2.45, 2.75) is 12.5 Å². The lowest BCUT2D eigenvalue weighted by Gasteiger charge is -2.32. The van der Waals surface area contributed by atoms with Gasteiger partial charge in [-0.25, -0.2) is 4.79 Å². The number of likely N-dealkylation sites (N-methyl/N-ethyl adjacent to an activating group) is 1. The average molecular weight is 332 g/mol. The summed E-state index contributed by atoms with van der Waals surface area (Å²) in [5.74, 6) is 0.875. The summed E-state index contributed by atoms with van der Waals surface area (Å²) in [5.41, 5.74) is 0. The number of ether oxygens (including phenoxy) is 1. The lowest BCUT2D eigenvalue weighted by molar-refractivity contribution is 0.152. The predicted molar refractivity (Wildman–Crippen MR) is 94.4 cm³/mol. The number of carbonyl (C=O) groups is 1. The molecule has 2 saturated heterocycles. The molecule has 1 N–H and O–H groups in total. The molecule has 1 aromatic rings. The Balaban J connectivity index is 1.34. The molecule has 0 radical (unpaired) electrons. The van der Waals surface area contributed by atoms with Crippen LogP contribution in [0.5, 0.6) is 5.75 Å². The summed E-state index contributed by atoms with van der Waals surface area (Å²) >= 11 is 0.